The van der Waals surface area contributed by atoms with Crippen molar-refractivity contribution in [1.29, 1.82) is 0 Å². The van der Waals surface area contributed by atoms with Crippen molar-refractivity contribution in [2.45, 2.75) is 64.7 Å². The number of rotatable bonds is 5. The van der Waals surface area contributed by atoms with Crippen LogP contribution in [0.3, 0.4) is 0 Å². The molecule has 0 fully saturated rings. The number of benzene rings is 2. The largest absolute Gasteiger partial charge is 0.422 e. The molecule has 3 aliphatic rings. The average molecular weight is 468 g/mol. The lowest BCUT2D eigenvalue weighted by atomic mass is 9.81. The fraction of sp³-hybridized carbons (Fsp3) is 0.419. The van der Waals surface area contributed by atoms with Crippen molar-refractivity contribution in [2.24, 2.45) is 0 Å². The number of allylic oxidation sites excluding steroid dienone is 1. The van der Waals surface area contributed by atoms with E-state index in [0.717, 1.165) is 62.7 Å². The first-order valence-corrected chi connectivity index (χ1v) is 13.3. The predicted octanol–water partition coefficient (Wildman–Crippen LogP) is 6.38. The van der Waals surface area contributed by atoms with Gasteiger partial charge in [-0.1, -0.05) is 31.5 Å². The van der Waals surface area contributed by atoms with E-state index in [1.807, 2.05) is 12.1 Å². The van der Waals surface area contributed by atoms with E-state index in [-0.39, 0.29) is 11.0 Å². The molecule has 3 aromatic rings. The van der Waals surface area contributed by atoms with Crippen molar-refractivity contribution >= 4 is 34.1 Å². The third kappa shape index (κ3) is 3.57. The van der Waals surface area contributed by atoms with E-state index >= 15 is 0 Å². The zero-order valence-electron chi connectivity index (χ0n) is 21.2. The second-order valence-corrected chi connectivity index (χ2v) is 10.8. The first-order valence-electron chi connectivity index (χ1n) is 13.3. The zero-order valence-corrected chi connectivity index (χ0v) is 21.2. The summed E-state index contributed by atoms with van der Waals surface area (Å²) >= 11 is 0. The molecular formula is C31H35N2O2+. The highest BCUT2D eigenvalue weighted by atomic mass is 16.4. The summed E-state index contributed by atoms with van der Waals surface area (Å²) in [5.41, 5.74) is 8.92. The van der Waals surface area contributed by atoms with E-state index in [9.17, 15) is 4.79 Å². The van der Waals surface area contributed by atoms with E-state index < -0.39 is 0 Å². The van der Waals surface area contributed by atoms with Crippen LogP contribution in [0, 0.1) is 0 Å². The number of para-hydroxylation sites is 1. The van der Waals surface area contributed by atoms with Gasteiger partial charge in [0.1, 0.15) is 12.1 Å². The molecule has 180 valence electrons. The number of hydrogen-bond acceptors (Lipinski definition) is 3. The van der Waals surface area contributed by atoms with Crippen molar-refractivity contribution in [3.63, 3.8) is 0 Å². The molecule has 0 atom stereocenters. The zero-order chi connectivity index (χ0) is 24.2. The highest BCUT2D eigenvalue weighted by molar-refractivity contribution is 6.05. The lowest BCUT2D eigenvalue weighted by molar-refractivity contribution is -0.438. The second kappa shape index (κ2) is 8.51. The van der Waals surface area contributed by atoms with Crippen molar-refractivity contribution in [2.75, 3.05) is 24.5 Å². The van der Waals surface area contributed by atoms with Crippen LogP contribution in [-0.4, -0.2) is 29.9 Å². The third-order valence-electron chi connectivity index (χ3n) is 8.20. The average Bonchev–Trinajstić information content (AvgIpc) is 3.08. The summed E-state index contributed by atoms with van der Waals surface area (Å²) < 4.78 is 8.47. The minimum Gasteiger partial charge on any atom is -0.422 e. The van der Waals surface area contributed by atoms with Gasteiger partial charge in [0.15, 0.2) is 5.71 Å². The maximum Gasteiger partial charge on any atom is 0.343 e. The Hall–Kier alpha value is -3.14. The molecule has 0 bridgehead atoms. The predicted molar refractivity (Wildman–Crippen MR) is 145 cm³/mol. The highest BCUT2D eigenvalue weighted by Gasteiger charge is 2.43. The summed E-state index contributed by atoms with van der Waals surface area (Å²) in [4.78, 5) is 15.6. The maximum atomic E-state index is 13.2. The fourth-order valence-corrected chi connectivity index (χ4v) is 6.44. The standard InChI is InChI=1S/C31H35N2O2/c1-4-5-18-33-26-13-7-6-12-25(26)31(2,3)27(33)15-14-22-20-23-19-21-10-8-16-32-17-9-11-24(28(21)32)29(23)35-30(22)34/h6-7,12-15,19-20H,4-5,8-11,16-18H2,1-3H3/q+1. The smallest absolute Gasteiger partial charge is 0.343 e. The van der Waals surface area contributed by atoms with Gasteiger partial charge < -0.3 is 9.32 Å². The Bertz CT molecular complexity index is 1440. The van der Waals surface area contributed by atoms with Crippen LogP contribution in [0.1, 0.15) is 68.7 Å². The van der Waals surface area contributed by atoms with E-state index in [1.54, 1.807) is 0 Å². The molecule has 0 unspecified atom stereocenters. The van der Waals surface area contributed by atoms with Gasteiger partial charge in [0, 0.05) is 53.9 Å². The lowest BCUT2D eigenvalue weighted by Crippen LogP contribution is -2.34. The number of nitrogens with zero attached hydrogens (tertiary/aromatic N) is 2. The summed E-state index contributed by atoms with van der Waals surface area (Å²) in [6.07, 6.45) is 10.8. The number of fused-ring (bicyclic) bond motifs is 3. The molecular weight excluding hydrogens is 432 g/mol. The SMILES string of the molecule is CCCC[N+]1=C(/C=C/c2cc3cc4c5c(c3oc2=O)CCCN5CCC4)C(C)(C)c2ccccc21. The monoisotopic (exact) mass is 467 g/mol. The van der Waals surface area contributed by atoms with Crippen molar-refractivity contribution in [1.82, 2.24) is 0 Å². The van der Waals surface area contributed by atoms with Gasteiger partial charge in [0.25, 0.3) is 0 Å². The summed E-state index contributed by atoms with van der Waals surface area (Å²) in [6, 6.07) is 13.0. The molecule has 0 saturated heterocycles. The van der Waals surface area contributed by atoms with Crippen LogP contribution in [-0.2, 0) is 18.3 Å². The molecule has 0 spiro atoms. The molecule has 2 aromatic carbocycles. The topological polar surface area (TPSA) is 36.5 Å². The summed E-state index contributed by atoms with van der Waals surface area (Å²) in [6.45, 7) is 10.00. The normalized spacial score (nSPS) is 18.4. The van der Waals surface area contributed by atoms with Crippen LogP contribution in [0.4, 0.5) is 11.4 Å². The Morgan fingerprint density at radius 1 is 1.09 bits per heavy atom. The van der Waals surface area contributed by atoms with Crippen LogP contribution in [0.2, 0.25) is 0 Å². The number of aryl methyl sites for hydroxylation is 2. The number of unbranched alkanes of at least 4 members (excludes halogenated alkanes) is 1. The molecule has 0 amide bonds. The maximum absolute atomic E-state index is 13.2. The molecule has 0 N–H and O–H groups in total. The van der Waals surface area contributed by atoms with Gasteiger partial charge in [-0.15, -0.1) is 0 Å². The van der Waals surface area contributed by atoms with Crippen LogP contribution in [0.5, 0.6) is 0 Å². The molecule has 0 aliphatic carbocycles. The fourth-order valence-electron chi connectivity index (χ4n) is 6.44. The van der Waals surface area contributed by atoms with Crippen LogP contribution in [0.15, 0.2) is 51.7 Å². The van der Waals surface area contributed by atoms with Crippen molar-refractivity contribution in [3.8, 4) is 0 Å². The number of anilines is 1. The molecule has 35 heavy (non-hydrogen) atoms. The molecule has 6 rings (SSSR count). The molecule has 0 radical (unpaired) electrons. The molecule has 4 heterocycles. The second-order valence-electron chi connectivity index (χ2n) is 10.8. The van der Waals surface area contributed by atoms with Gasteiger partial charge in [-0.25, -0.2) is 4.79 Å². The number of hydrogen-bond donors (Lipinski definition) is 0. The van der Waals surface area contributed by atoms with Crippen LogP contribution < -0.4 is 10.5 Å². The molecule has 1 aromatic heterocycles. The van der Waals surface area contributed by atoms with E-state index in [0.29, 0.717) is 5.56 Å². The first-order chi connectivity index (χ1) is 17.0. The van der Waals surface area contributed by atoms with Crippen LogP contribution >= 0.6 is 0 Å². The quantitative estimate of drug-likeness (QED) is 0.323. The van der Waals surface area contributed by atoms with Gasteiger partial charge >= 0.3 is 5.63 Å². The Balaban J connectivity index is 1.45. The summed E-state index contributed by atoms with van der Waals surface area (Å²) in [7, 11) is 0. The van der Waals surface area contributed by atoms with Gasteiger partial charge in [-0.2, -0.15) is 4.58 Å². The van der Waals surface area contributed by atoms with Gasteiger partial charge in [0.05, 0.1) is 11.0 Å². The molecule has 4 nitrogen and oxygen atoms in total. The Morgan fingerprint density at radius 2 is 1.89 bits per heavy atom. The minimum atomic E-state index is -0.244. The van der Waals surface area contributed by atoms with E-state index in [2.05, 4.69) is 66.7 Å². The van der Waals surface area contributed by atoms with Crippen molar-refractivity contribution in [3.05, 3.63) is 75.1 Å². The Labute approximate surface area is 207 Å². The first kappa shape index (κ1) is 22.3. The minimum absolute atomic E-state index is 0.120. The van der Waals surface area contributed by atoms with Gasteiger partial charge in [0.2, 0.25) is 5.69 Å². The highest BCUT2D eigenvalue weighted by Crippen LogP contribution is 2.41. The molecule has 3 aliphatic heterocycles. The summed E-state index contributed by atoms with van der Waals surface area (Å²) in [5, 5.41) is 1.06. The van der Waals surface area contributed by atoms with Crippen molar-refractivity contribution < 1.29 is 8.99 Å². The summed E-state index contributed by atoms with van der Waals surface area (Å²) in [5.74, 6) is 0. The molecule has 0 saturated carbocycles. The molecule has 4 heteroatoms. The van der Waals surface area contributed by atoms with E-state index in [4.69, 9.17) is 4.42 Å². The van der Waals surface area contributed by atoms with Gasteiger partial charge in [-0.05, 0) is 63.3 Å². The van der Waals surface area contributed by atoms with Crippen LogP contribution in [0.25, 0.3) is 17.0 Å². The van der Waals surface area contributed by atoms with E-state index in [1.165, 1.54) is 40.2 Å². The Morgan fingerprint density at radius 3 is 2.71 bits per heavy atom. The lowest BCUT2D eigenvalue weighted by Gasteiger charge is -2.37. The van der Waals surface area contributed by atoms with Gasteiger partial charge in [-0.3, -0.25) is 0 Å². The third-order valence-corrected chi connectivity index (χ3v) is 8.20. The Kier molecular flexibility index (Phi) is 5.43.